The van der Waals surface area contributed by atoms with Gasteiger partial charge < -0.3 is 22.4 Å². The summed E-state index contributed by atoms with van der Waals surface area (Å²) in [5.74, 6) is -0.853. The van der Waals surface area contributed by atoms with Gasteiger partial charge in [0.1, 0.15) is 12.4 Å². The molecular weight excluding hydrogens is 263 g/mol. The number of halogens is 4. The van der Waals surface area contributed by atoms with Gasteiger partial charge in [-0.15, -0.1) is 0 Å². The SMILES string of the molecule is CC(C)COCCOc1ccc([B-](F)(F)F)c(F)c1. The van der Waals surface area contributed by atoms with E-state index in [0.717, 1.165) is 12.1 Å². The molecule has 1 rings (SSSR count). The molecule has 0 aliphatic rings. The molecule has 19 heavy (non-hydrogen) atoms. The van der Waals surface area contributed by atoms with E-state index in [-0.39, 0.29) is 12.4 Å². The molecule has 0 saturated carbocycles. The van der Waals surface area contributed by atoms with E-state index in [2.05, 4.69) is 0 Å². The van der Waals surface area contributed by atoms with Crippen LogP contribution in [0.1, 0.15) is 13.8 Å². The number of hydrogen-bond acceptors (Lipinski definition) is 2. The van der Waals surface area contributed by atoms with Crippen LogP contribution in [0.5, 0.6) is 5.75 Å². The predicted octanol–water partition coefficient (Wildman–Crippen LogP) is 2.93. The minimum Gasteiger partial charge on any atom is -0.491 e. The van der Waals surface area contributed by atoms with E-state index in [1.54, 1.807) is 0 Å². The molecule has 0 saturated heterocycles. The van der Waals surface area contributed by atoms with Crippen molar-refractivity contribution in [3.63, 3.8) is 0 Å². The monoisotopic (exact) mass is 279 g/mol. The number of benzene rings is 1. The molecule has 0 aromatic heterocycles. The third-order valence-electron chi connectivity index (χ3n) is 2.27. The molecule has 0 heterocycles. The molecule has 1 aromatic rings. The first-order valence-electron chi connectivity index (χ1n) is 6.00. The summed E-state index contributed by atoms with van der Waals surface area (Å²) in [5.41, 5.74) is -1.23. The topological polar surface area (TPSA) is 18.5 Å². The molecule has 0 atom stereocenters. The van der Waals surface area contributed by atoms with Crippen molar-refractivity contribution in [3.05, 3.63) is 24.0 Å². The quantitative estimate of drug-likeness (QED) is 0.434. The Labute approximate surface area is 109 Å². The van der Waals surface area contributed by atoms with Gasteiger partial charge in [0.05, 0.1) is 12.4 Å². The van der Waals surface area contributed by atoms with Crippen LogP contribution in [0.2, 0.25) is 0 Å². The maximum atomic E-state index is 13.2. The number of ether oxygens (including phenoxy) is 2. The average Bonchev–Trinajstić information content (AvgIpc) is 2.26. The van der Waals surface area contributed by atoms with Crippen molar-refractivity contribution in [2.45, 2.75) is 13.8 Å². The van der Waals surface area contributed by atoms with Gasteiger partial charge >= 0.3 is 6.98 Å². The van der Waals surface area contributed by atoms with Crippen LogP contribution >= 0.6 is 0 Å². The summed E-state index contributed by atoms with van der Waals surface area (Å²) >= 11 is 0. The molecule has 0 unspecified atom stereocenters. The second-order valence-corrected chi connectivity index (χ2v) is 4.58. The van der Waals surface area contributed by atoms with Gasteiger partial charge in [-0.05, 0) is 12.0 Å². The smallest absolute Gasteiger partial charge is 0.491 e. The molecule has 0 spiro atoms. The molecule has 0 radical (unpaired) electrons. The normalized spacial score (nSPS) is 11.9. The van der Waals surface area contributed by atoms with Gasteiger partial charge in [-0.2, -0.15) is 0 Å². The van der Waals surface area contributed by atoms with E-state index in [9.17, 15) is 17.3 Å². The zero-order valence-electron chi connectivity index (χ0n) is 10.8. The summed E-state index contributed by atoms with van der Waals surface area (Å²) in [4.78, 5) is 0. The van der Waals surface area contributed by atoms with E-state index >= 15 is 0 Å². The lowest BCUT2D eigenvalue weighted by Gasteiger charge is -2.16. The van der Waals surface area contributed by atoms with Crippen LogP contribution in [0, 0.1) is 11.7 Å². The van der Waals surface area contributed by atoms with Gasteiger partial charge in [0.25, 0.3) is 0 Å². The molecule has 0 bridgehead atoms. The van der Waals surface area contributed by atoms with Crippen LogP contribution in [-0.2, 0) is 4.74 Å². The average molecular weight is 279 g/mol. The summed E-state index contributed by atoms with van der Waals surface area (Å²) in [7, 11) is 0. The van der Waals surface area contributed by atoms with E-state index in [1.165, 1.54) is 0 Å². The molecular formula is C12H16BF4O2-. The molecule has 0 amide bonds. The van der Waals surface area contributed by atoms with Gasteiger partial charge in [0, 0.05) is 12.7 Å². The van der Waals surface area contributed by atoms with Crippen molar-refractivity contribution in [2.75, 3.05) is 19.8 Å². The fourth-order valence-electron chi connectivity index (χ4n) is 1.40. The Kier molecular flexibility index (Phi) is 5.66. The third kappa shape index (κ3) is 5.51. The fourth-order valence-corrected chi connectivity index (χ4v) is 1.40. The van der Waals surface area contributed by atoms with Crippen LogP contribution in [0.3, 0.4) is 0 Å². The van der Waals surface area contributed by atoms with Crippen LogP contribution in [-0.4, -0.2) is 26.8 Å². The Bertz CT molecular complexity index is 407. The Morgan fingerprint density at radius 1 is 1.16 bits per heavy atom. The summed E-state index contributed by atoms with van der Waals surface area (Å²) in [6.45, 7) is -0.287. The Morgan fingerprint density at radius 2 is 1.84 bits per heavy atom. The lowest BCUT2D eigenvalue weighted by atomic mass is 9.80. The van der Waals surface area contributed by atoms with Gasteiger partial charge in [-0.1, -0.05) is 25.4 Å². The highest BCUT2D eigenvalue weighted by Crippen LogP contribution is 2.16. The number of hydrogen-bond donors (Lipinski definition) is 0. The maximum absolute atomic E-state index is 13.2. The van der Waals surface area contributed by atoms with Crippen molar-refractivity contribution < 1.29 is 26.8 Å². The molecule has 0 aliphatic carbocycles. The first-order valence-corrected chi connectivity index (χ1v) is 6.00. The van der Waals surface area contributed by atoms with E-state index < -0.39 is 18.3 Å². The maximum Gasteiger partial charge on any atom is 0.512 e. The summed E-state index contributed by atoms with van der Waals surface area (Å²) in [5, 5.41) is 0. The molecule has 7 heteroatoms. The standard InChI is InChI=1S/C12H16BF4O2/c1-9(2)8-18-5-6-19-10-3-4-11(12(14)7-10)13(15,16)17/h3-4,7,9H,5-6,8H2,1-2H3/q-1. The van der Waals surface area contributed by atoms with Gasteiger partial charge in [0.15, 0.2) is 0 Å². The molecule has 1 aromatic carbocycles. The van der Waals surface area contributed by atoms with Gasteiger partial charge in [0.2, 0.25) is 0 Å². The Balaban J connectivity index is 2.46. The zero-order chi connectivity index (χ0) is 14.5. The van der Waals surface area contributed by atoms with Crippen LogP contribution in [0.25, 0.3) is 0 Å². The lowest BCUT2D eigenvalue weighted by molar-refractivity contribution is 0.0818. The van der Waals surface area contributed by atoms with Crippen molar-refractivity contribution in [2.24, 2.45) is 5.92 Å². The van der Waals surface area contributed by atoms with Crippen LogP contribution in [0.4, 0.5) is 17.3 Å². The first kappa shape index (κ1) is 15.8. The van der Waals surface area contributed by atoms with Crippen LogP contribution < -0.4 is 10.2 Å². The summed E-state index contributed by atoms with van der Waals surface area (Å²) in [6, 6.07) is 2.54. The molecule has 2 nitrogen and oxygen atoms in total. The first-order chi connectivity index (χ1) is 8.80. The Hall–Kier alpha value is -1.24. The molecule has 108 valence electrons. The van der Waals surface area contributed by atoms with E-state index in [0.29, 0.717) is 25.2 Å². The van der Waals surface area contributed by atoms with Gasteiger partial charge in [-0.25, -0.2) is 4.39 Å². The van der Waals surface area contributed by atoms with Crippen LogP contribution in [0.15, 0.2) is 18.2 Å². The Morgan fingerprint density at radius 3 is 2.37 bits per heavy atom. The second-order valence-electron chi connectivity index (χ2n) is 4.58. The van der Waals surface area contributed by atoms with Crippen molar-refractivity contribution >= 4 is 12.4 Å². The molecule has 0 fully saturated rings. The third-order valence-corrected chi connectivity index (χ3v) is 2.27. The van der Waals surface area contributed by atoms with Crippen molar-refractivity contribution in [1.29, 1.82) is 0 Å². The minimum absolute atomic E-state index is 0.0643. The second kappa shape index (κ2) is 6.79. The summed E-state index contributed by atoms with van der Waals surface area (Å²) < 4.78 is 60.7. The fraction of sp³-hybridized carbons (Fsp3) is 0.500. The highest BCUT2D eigenvalue weighted by Gasteiger charge is 2.28. The minimum atomic E-state index is -5.33. The lowest BCUT2D eigenvalue weighted by Crippen LogP contribution is -2.36. The summed E-state index contributed by atoms with van der Waals surface area (Å²) in [6.07, 6.45) is 0. The van der Waals surface area contributed by atoms with Crippen molar-refractivity contribution in [1.82, 2.24) is 0 Å². The van der Waals surface area contributed by atoms with E-state index in [1.807, 2.05) is 13.8 Å². The zero-order valence-corrected chi connectivity index (χ0v) is 10.8. The highest BCUT2D eigenvalue weighted by atomic mass is 19.4. The number of rotatable bonds is 7. The predicted molar refractivity (Wildman–Crippen MR) is 66.3 cm³/mol. The van der Waals surface area contributed by atoms with Gasteiger partial charge in [-0.3, -0.25) is 0 Å². The highest BCUT2D eigenvalue weighted by molar-refractivity contribution is 6.73. The largest absolute Gasteiger partial charge is 0.512 e. The molecule has 0 aliphatic heterocycles. The van der Waals surface area contributed by atoms with Crippen molar-refractivity contribution in [3.8, 4) is 5.75 Å². The van der Waals surface area contributed by atoms with E-state index in [4.69, 9.17) is 9.47 Å². The molecule has 0 N–H and O–H groups in total.